The van der Waals surface area contributed by atoms with Crippen LogP contribution >= 0.6 is 11.6 Å². The van der Waals surface area contributed by atoms with Crippen molar-refractivity contribution in [3.05, 3.63) is 34.9 Å². The minimum absolute atomic E-state index is 0.00733. The molecule has 0 N–H and O–H groups in total. The molecule has 0 radical (unpaired) electrons. The van der Waals surface area contributed by atoms with Crippen molar-refractivity contribution in [2.45, 2.75) is 110 Å². The Bertz CT molecular complexity index is 1170. The summed E-state index contributed by atoms with van der Waals surface area (Å²) in [5.74, 6) is 0.390. The topological polar surface area (TPSA) is 73.4 Å². The van der Waals surface area contributed by atoms with E-state index in [9.17, 15) is 14.4 Å². The first-order valence-corrected chi connectivity index (χ1v) is 17.3. The van der Waals surface area contributed by atoms with Gasteiger partial charge in [0, 0.05) is 54.7 Å². The first-order valence-electron chi connectivity index (χ1n) is 16.9. The van der Waals surface area contributed by atoms with Gasteiger partial charge >= 0.3 is 0 Å². The summed E-state index contributed by atoms with van der Waals surface area (Å²) in [6, 6.07) is 7.16. The Morgan fingerprint density at radius 1 is 0.909 bits per heavy atom. The highest BCUT2D eigenvalue weighted by Gasteiger charge is 2.51. The van der Waals surface area contributed by atoms with Crippen LogP contribution in [0.2, 0.25) is 5.02 Å². The van der Waals surface area contributed by atoms with Gasteiger partial charge in [-0.1, -0.05) is 44.5 Å². The molecule has 3 saturated heterocycles. The molecule has 4 unspecified atom stereocenters. The maximum atomic E-state index is 14.8. The van der Waals surface area contributed by atoms with E-state index in [2.05, 4.69) is 37.5 Å². The van der Waals surface area contributed by atoms with Gasteiger partial charge in [0.05, 0.1) is 25.2 Å². The van der Waals surface area contributed by atoms with Gasteiger partial charge in [0.25, 0.3) is 0 Å². The number of rotatable bonds is 6. The van der Waals surface area contributed by atoms with Crippen molar-refractivity contribution in [1.29, 1.82) is 0 Å². The lowest BCUT2D eigenvalue weighted by Crippen LogP contribution is -2.53. The Morgan fingerprint density at radius 3 is 2.14 bits per heavy atom. The molecule has 1 saturated carbocycles. The summed E-state index contributed by atoms with van der Waals surface area (Å²) in [7, 11) is 0. The monoisotopic (exact) mass is 628 g/mol. The lowest BCUT2D eigenvalue weighted by molar-refractivity contribution is -0.149. The quantitative estimate of drug-likeness (QED) is 0.422. The van der Waals surface area contributed by atoms with E-state index < -0.39 is 6.04 Å². The Labute approximate surface area is 269 Å². The minimum Gasteiger partial charge on any atom is -0.378 e. The molecule has 8 nitrogen and oxygen atoms in total. The van der Waals surface area contributed by atoms with E-state index in [-0.39, 0.29) is 53.2 Å². The van der Waals surface area contributed by atoms with Gasteiger partial charge in [0.1, 0.15) is 6.04 Å². The van der Waals surface area contributed by atoms with Crippen molar-refractivity contribution in [2.24, 2.45) is 17.8 Å². The lowest BCUT2D eigenvalue weighted by Gasteiger charge is -2.41. The van der Waals surface area contributed by atoms with E-state index in [0.717, 1.165) is 44.2 Å². The van der Waals surface area contributed by atoms with Crippen LogP contribution in [0.4, 0.5) is 0 Å². The zero-order chi connectivity index (χ0) is 31.8. The van der Waals surface area contributed by atoms with E-state index in [1.54, 1.807) is 0 Å². The number of hydrogen-bond acceptors (Lipinski definition) is 5. The average molecular weight is 629 g/mol. The number of amides is 3. The van der Waals surface area contributed by atoms with Crippen LogP contribution in [0, 0.1) is 17.8 Å². The van der Waals surface area contributed by atoms with E-state index in [4.69, 9.17) is 16.3 Å². The largest absolute Gasteiger partial charge is 0.378 e. The second-order valence-electron chi connectivity index (χ2n) is 14.9. The fourth-order valence-corrected chi connectivity index (χ4v) is 8.18. The molecule has 3 amide bonds. The van der Waals surface area contributed by atoms with Gasteiger partial charge in [-0.2, -0.15) is 0 Å². The maximum Gasteiger partial charge on any atom is 0.245 e. The molecule has 1 aromatic rings. The average Bonchev–Trinajstić information content (AvgIpc) is 3.64. The number of morpholine rings is 1. The molecule has 0 spiro atoms. The summed E-state index contributed by atoms with van der Waals surface area (Å²) in [6.45, 7) is 16.1. The van der Waals surface area contributed by atoms with Crippen molar-refractivity contribution in [3.63, 3.8) is 0 Å². The van der Waals surface area contributed by atoms with E-state index in [1.807, 2.05) is 47.9 Å². The molecular formula is C35H53ClN4O4. The molecule has 9 heteroatoms. The third-order valence-electron chi connectivity index (χ3n) is 10.5. The van der Waals surface area contributed by atoms with Gasteiger partial charge in [-0.25, -0.2) is 0 Å². The van der Waals surface area contributed by atoms with Crippen LogP contribution in [0.15, 0.2) is 24.3 Å². The summed E-state index contributed by atoms with van der Waals surface area (Å²) in [4.78, 5) is 51.1. The summed E-state index contributed by atoms with van der Waals surface area (Å²) < 4.78 is 5.55. The molecule has 4 fully saturated rings. The Kier molecular flexibility index (Phi) is 10.3. The fraction of sp³-hybridized carbons (Fsp3) is 0.743. The third-order valence-corrected chi connectivity index (χ3v) is 10.7. The molecule has 4 atom stereocenters. The van der Waals surface area contributed by atoms with Crippen molar-refractivity contribution < 1.29 is 19.1 Å². The van der Waals surface area contributed by atoms with Gasteiger partial charge in [0.15, 0.2) is 0 Å². The van der Waals surface area contributed by atoms with Gasteiger partial charge < -0.3 is 19.4 Å². The zero-order valence-corrected chi connectivity index (χ0v) is 28.4. The SMILES string of the molecule is CC1CCC(N(C(=O)C(C)C)C2CC(C(=O)N3CCOCC3)N(C(=O)C3CCN(C(C)(C)C)C3c3ccc(Cl)cc3)C2)CC1. The maximum absolute atomic E-state index is 14.8. The summed E-state index contributed by atoms with van der Waals surface area (Å²) in [5, 5.41) is 0.669. The van der Waals surface area contributed by atoms with Gasteiger partial charge in [-0.05, 0) is 82.9 Å². The smallest absolute Gasteiger partial charge is 0.245 e. The predicted molar refractivity (Wildman–Crippen MR) is 173 cm³/mol. The first-order chi connectivity index (χ1) is 20.9. The van der Waals surface area contributed by atoms with Crippen LogP contribution in [0.25, 0.3) is 0 Å². The molecule has 1 aromatic carbocycles. The standard InChI is InChI=1S/C35H53ClN4O4/c1-23(2)32(41)40(27-13-7-24(3)8-14-27)28-21-30(34(43)37-17-19-44-20-18-37)38(22-28)33(42)29-15-16-39(35(4,5)6)31(29)25-9-11-26(36)12-10-25/h9-12,23-24,27-31H,7-8,13-22H2,1-6H3. The minimum atomic E-state index is -0.579. The third kappa shape index (κ3) is 6.97. The van der Waals surface area contributed by atoms with Gasteiger partial charge in [0.2, 0.25) is 17.7 Å². The van der Waals surface area contributed by atoms with Crippen molar-refractivity contribution in [3.8, 4) is 0 Å². The highest BCUT2D eigenvalue weighted by Crippen LogP contribution is 2.44. The molecule has 3 aliphatic heterocycles. The summed E-state index contributed by atoms with van der Waals surface area (Å²) >= 11 is 6.27. The molecule has 244 valence electrons. The molecule has 0 aromatic heterocycles. The molecular weight excluding hydrogens is 576 g/mol. The number of ether oxygens (including phenoxy) is 1. The van der Waals surface area contributed by atoms with Crippen molar-refractivity contribution >= 4 is 29.3 Å². The highest BCUT2D eigenvalue weighted by atomic mass is 35.5. The lowest BCUT2D eigenvalue weighted by atomic mass is 9.85. The van der Waals surface area contributed by atoms with Crippen molar-refractivity contribution in [1.82, 2.24) is 19.6 Å². The summed E-state index contributed by atoms with van der Waals surface area (Å²) in [6.07, 6.45) is 5.38. The highest BCUT2D eigenvalue weighted by molar-refractivity contribution is 6.30. The Hall–Kier alpha value is -2.16. The molecule has 4 aliphatic rings. The van der Waals surface area contributed by atoms with Crippen LogP contribution in [-0.2, 0) is 19.1 Å². The second-order valence-corrected chi connectivity index (χ2v) is 15.3. The van der Waals surface area contributed by atoms with Gasteiger partial charge in [-0.3, -0.25) is 19.3 Å². The number of nitrogens with zero attached hydrogens (tertiary/aromatic N) is 4. The van der Waals surface area contributed by atoms with Crippen LogP contribution in [-0.4, -0.2) is 100 Å². The number of likely N-dealkylation sites (tertiary alicyclic amines) is 2. The van der Waals surface area contributed by atoms with Crippen LogP contribution < -0.4 is 0 Å². The first kappa shape index (κ1) is 33.2. The fourth-order valence-electron chi connectivity index (χ4n) is 8.05. The van der Waals surface area contributed by atoms with Gasteiger partial charge in [-0.15, -0.1) is 0 Å². The molecule has 1 aliphatic carbocycles. The van der Waals surface area contributed by atoms with Crippen LogP contribution in [0.5, 0.6) is 0 Å². The number of halogens is 1. The predicted octanol–water partition coefficient (Wildman–Crippen LogP) is 5.39. The molecule has 3 heterocycles. The number of hydrogen-bond donors (Lipinski definition) is 0. The number of carbonyl (C=O) groups excluding carboxylic acids is 3. The van der Waals surface area contributed by atoms with Crippen LogP contribution in [0.3, 0.4) is 0 Å². The molecule has 5 rings (SSSR count). The van der Waals surface area contributed by atoms with Crippen molar-refractivity contribution in [2.75, 3.05) is 39.4 Å². The molecule has 44 heavy (non-hydrogen) atoms. The molecule has 0 bridgehead atoms. The van der Waals surface area contributed by atoms with E-state index >= 15 is 0 Å². The summed E-state index contributed by atoms with van der Waals surface area (Å²) in [5.41, 5.74) is 0.925. The van der Waals surface area contributed by atoms with Crippen LogP contribution in [0.1, 0.15) is 91.7 Å². The van der Waals surface area contributed by atoms with E-state index in [0.29, 0.717) is 50.2 Å². The number of carbonyl (C=O) groups is 3. The second kappa shape index (κ2) is 13.7. The van der Waals surface area contributed by atoms with E-state index in [1.165, 1.54) is 0 Å². The number of benzene rings is 1. The Morgan fingerprint density at radius 2 is 1.55 bits per heavy atom. The zero-order valence-electron chi connectivity index (χ0n) is 27.6. The normalized spacial score (nSPS) is 30.2. The Balaban J connectivity index is 1.48.